The molecule has 0 fully saturated rings. The SMILES string of the molecule is Cc1ccccc1OCCOC(=O)c1cc(-c2cccs2)nc2onc(C)c12. The smallest absolute Gasteiger partial charge is 0.339 e. The Morgan fingerprint density at radius 1 is 1.14 bits per heavy atom. The minimum absolute atomic E-state index is 0.135. The van der Waals surface area contributed by atoms with Crippen LogP contribution in [-0.2, 0) is 4.74 Å². The number of carbonyl (C=O) groups excluding carboxylic acids is 1. The van der Waals surface area contributed by atoms with E-state index in [4.69, 9.17) is 14.0 Å². The summed E-state index contributed by atoms with van der Waals surface area (Å²) in [6.45, 7) is 4.15. The van der Waals surface area contributed by atoms with Gasteiger partial charge in [0.15, 0.2) is 0 Å². The first-order valence-electron chi connectivity index (χ1n) is 8.80. The summed E-state index contributed by atoms with van der Waals surface area (Å²) >= 11 is 1.54. The van der Waals surface area contributed by atoms with Gasteiger partial charge in [-0.1, -0.05) is 29.4 Å². The number of aryl methyl sites for hydroxylation is 2. The number of pyridine rings is 1. The third-order valence-electron chi connectivity index (χ3n) is 4.28. The highest BCUT2D eigenvalue weighted by molar-refractivity contribution is 7.13. The fourth-order valence-corrected chi connectivity index (χ4v) is 3.57. The molecular weight excluding hydrogens is 376 g/mol. The lowest BCUT2D eigenvalue weighted by Crippen LogP contribution is -2.13. The molecule has 0 saturated carbocycles. The molecule has 3 aromatic heterocycles. The van der Waals surface area contributed by atoms with Crippen molar-refractivity contribution in [2.45, 2.75) is 13.8 Å². The van der Waals surface area contributed by atoms with Crippen molar-refractivity contribution >= 4 is 28.4 Å². The summed E-state index contributed by atoms with van der Waals surface area (Å²) in [5.74, 6) is 0.324. The van der Waals surface area contributed by atoms with Gasteiger partial charge >= 0.3 is 5.97 Å². The van der Waals surface area contributed by atoms with Crippen molar-refractivity contribution in [2.75, 3.05) is 13.2 Å². The third kappa shape index (κ3) is 3.61. The average molecular weight is 394 g/mol. The van der Waals surface area contributed by atoms with Crippen LogP contribution in [0.2, 0.25) is 0 Å². The number of benzene rings is 1. The Morgan fingerprint density at radius 3 is 2.79 bits per heavy atom. The lowest BCUT2D eigenvalue weighted by Gasteiger charge is -2.10. The summed E-state index contributed by atoms with van der Waals surface area (Å²) in [4.78, 5) is 18.2. The van der Waals surface area contributed by atoms with E-state index in [0.29, 0.717) is 28.1 Å². The highest BCUT2D eigenvalue weighted by Crippen LogP contribution is 2.29. The Balaban J connectivity index is 1.52. The molecule has 4 rings (SSSR count). The van der Waals surface area contributed by atoms with E-state index in [0.717, 1.165) is 16.2 Å². The average Bonchev–Trinajstić information content (AvgIpc) is 3.36. The van der Waals surface area contributed by atoms with Gasteiger partial charge in [-0.2, -0.15) is 0 Å². The van der Waals surface area contributed by atoms with Crippen LogP contribution < -0.4 is 4.74 Å². The van der Waals surface area contributed by atoms with Gasteiger partial charge in [0.05, 0.1) is 27.2 Å². The summed E-state index contributed by atoms with van der Waals surface area (Å²) in [7, 11) is 0. The molecule has 0 unspecified atom stereocenters. The van der Waals surface area contributed by atoms with Gasteiger partial charge in [-0.3, -0.25) is 0 Å². The molecule has 0 saturated heterocycles. The van der Waals surface area contributed by atoms with E-state index in [9.17, 15) is 4.79 Å². The Kier molecular flexibility index (Phi) is 5.08. The molecule has 0 aliphatic heterocycles. The topological polar surface area (TPSA) is 74.5 Å². The lowest BCUT2D eigenvalue weighted by molar-refractivity contribution is 0.0452. The summed E-state index contributed by atoms with van der Waals surface area (Å²) in [6.07, 6.45) is 0. The largest absolute Gasteiger partial charge is 0.490 e. The van der Waals surface area contributed by atoms with E-state index >= 15 is 0 Å². The van der Waals surface area contributed by atoms with Crippen LogP contribution in [0.3, 0.4) is 0 Å². The lowest BCUT2D eigenvalue weighted by atomic mass is 10.1. The van der Waals surface area contributed by atoms with Crippen molar-refractivity contribution in [1.29, 1.82) is 0 Å². The zero-order chi connectivity index (χ0) is 19.5. The molecule has 3 heterocycles. The van der Waals surface area contributed by atoms with Crippen LogP contribution in [0.1, 0.15) is 21.6 Å². The number of rotatable bonds is 6. The minimum Gasteiger partial charge on any atom is -0.490 e. The second-order valence-corrected chi connectivity index (χ2v) is 7.18. The predicted molar refractivity (Wildman–Crippen MR) is 107 cm³/mol. The first kappa shape index (κ1) is 18.2. The molecule has 0 amide bonds. The number of aromatic nitrogens is 2. The summed E-state index contributed by atoms with van der Waals surface area (Å²) in [6, 6.07) is 13.3. The second-order valence-electron chi connectivity index (χ2n) is 6.23. The van der Waals surface area contributed by atoms with Crippen molar-refractivity contribution in [3.05, 3.63) is 64.7 Å². The van der Waals surface area contributed by atoms with Crippen LogP contribution >= 0.6 is 11.3 Å². The normalized spacial score (nSPS) is 10.9. The number of para-hydroxylation sites is 1. The third-order valence-corrected chi connectivity index (χ3v) is 5.17. The van der Waals surface area contributed by atoms with Crippen LogP contribution in [0.25, 0.3) is 21.7 Å². The number of fused-ring (bicyclic) bond motifs is 1. The molecule has 7 heteroatoms. The van der Waals surface area contributed by atoms with Crippen LogP contribution in [0.4, 0.5) is 0 Å². The molecule has 6 nitrogen and oxygen atoms in total. The molecule has 0 bridgehead atoms. The molecule has 0 N–H and O–H groups in total. The monoisotopic (exact) mass is 394 g/mol. The van der Waals surface area contributed by atoms with E-state index in [1.165, 1.54) is 11.3 Å². The van der Waals surface area contributed by atoms with Gasteiger partial charge in [-0.05, 0) is 43.0 Å². The number of nitrogens with zero attached hydrogens (tertiary/aromatic N) is 2. The Labute approximate surface area is 165 Å². The number of hydrogen-bond acceptors (Lipinski definition) is 7. The van der Waals surface area contributed by atoms with E-state index in [1.807, 2.05) is 48.7 Å². The Morgan fingerprint density at radius 2 is 2.00 bits per heavy atom. The molecule has 0 atom stereocenters. The first-order chi connectivity index (χ1) is 13.6. The highest BCUT2D eigenvalue weighted by Gasteiger charge is 2.20. The molecule has 0 radical (unpaired) electrons. The van der Waals surface area contributed by atoms with Crippen molar-refractivity contribution in [2.24, 2.45) is 0 Å². The van der Waals surface area contributed by atoms with Crippen LogP contribution in [0, 0.1) is 13.8 Å². The van der Waals surface area contributed by atoms with E-state index < -0.39 is 5.97 Å². The zero-order valence-corrected chi connectivity index (χ0v) is 16.3. The number of thiophene rings is 1. The summed E-state index contributed by atoms with van der Waals surface area (Å²) in [5.41, 5.74) is 3.00. The fraction of sp³-hybridized carbons (Fsp3) is 0.190. The molecule has 1 aromatic carbocycles. The number of ether oxygens (including phenoxy) is 2. The van der Waals surface area contributed by atoms with Crippen molar-refractivity contribution < 1.29 is 18.8 Å². The fourth-order valence-electron chi connectivity index (χ4n) is 2.89. The first-order valence-corrected chi connectivity index (χ1v) is 9.68. The van der Waals surface area contributed by atoms with Crippen LogP contribution in [0.15, 0.2) is 52.4 Å². The van der Waals surface area contributed by atoms with Crippen LogP contribution in [0.5, 0.6) is 5.75 Å². The maximum Gasteiger partial charge on any atom is 0.339 e. The molecule has 0 aliphatic rings. The number of esters is 1. The molecule has 142 valence electrons. The molecule has 28 heavy (non-hydrogen) atoms. The number of hydrogen-bond donors (Lipinski definition) is 0. The van der Waals surface area contributed by atoms with Gasteiger partial charge < -0.3 is 14.0 Å². The standard InChI is InChI=1S/C21H18N2O4S/c1-13-6-3-4-7-17(13)25-9-10-26-21(24)15-12-16(18-8-5-11-28-18)22-20-19(15)14(2)23-27-20/h3-8,11-12H,9-10H2,1-2H3. The Hall–Kier alpha value is -3.19. The second kappa shape index (κ2) is 7.82. The van der Waals surface area contributed by atoms with Gasteiger partial charge in [0.2, 0.25) is 0 Å². The minimum atomic E-state index is -0.454. The van der Waals surface area contributed by atoms with Crippen molar-refractivity contribution in [1.82, 2.24) is 10.1 Å². The van der Waals surface area contributed by atoms with Crippen molar-refractivity contribution in [3.8, 4) is 16.3 Å². The molecular formula is C21H18N2O4S. The van der Waals surface area contributed by atoms with E-state index in [-0.39, 0.29) is 13.2 Å². The van der Waals surface area contributed by atoms with Gasteiger partial charge in [0.25, 0.3) is 5.71 Å². The maximum absolute atomic E-state index is 12.7. The van der Waals surface area contributed by atoms with Gasteiger partial charge in [-0.15, -0.1) is 11.3 Å². The highest BCUT2D eigenvalue weighted by atomic mass is 32.1. The summed E-state index contributed by atoms with van der Waals surface area (Å²) < 4.78 is 16.4. The van der Waals surface area contributed by atoms with Crippen LogP contribution in [-0.4, -0.2) is 29.3 Å². The van der Waals surface area contributed by atoms with Gasteiger partial charge in [-0.25, -0.2) is 9.78 Å². The maximum atomic E-state index is 12.7. The quantitative estimate of drug-likeness (QED) is 0.345. The summed E-state index contributed by atoms with van der Waals surface area (Å²) in [5, 5.41) is 6.47. The molecule has 4 aromatic rings. The van der Waals surface area contributed by atoms with Gasteiger partial charge in [0.1, 0.15) is 19.0 Å². The van der Waals surface area contributed by atoms with E-state index in [1.54, 1.807) is 13.0 Å². The Bertz CT molecular complexity index is 1120. The predicted octanol–water partition coefficient (Wildman–Crippen LogP) is 4.80. The molecule has 0 aliphatic carbocycles. The van der Waals surface area contributed by atoms with Gasteiger partial charge in [0, 0.05) is 0 Å². The van der Waals surface area contributed by atoms with Crippen molar-refractivity contribution in [3.63, 3.8) is 0 Å². The van der Waals surface area contributed by atoms with E-state index in [2.05, 4.69) is 10.1 Å². The zero-order valence-electron chi connectivity index (χ0n) is 15.5. The molecule has 0 spiro atoms. The number of carbonyl (C=O) groups is 1.